The largest absolute Gasteiger partial charge is 0.493 e. The van der Waals surface area contributed by atoms with E-state index in [1.54, 1.807) is 0 Å². The number of carbonyl (C=O) groups is 1. The predicted molar refractivity (Wildman–Crippen MR) is 101 cm³/mol. The Labute approximate surface area is 164 Å². The average Bonchev–Trinajstić information content (AvgIpc) is 3.12. The van der Waals surface area contributed by atoms with E-state index in [1.165, 1.54) is 25.6 Å². The maximum Gasteiger partial charge on any atom is 0.258 e. The molecule has 0 radical (unpaired) electrons. The molecule has 26 heavy (non-hydrogen) atoms. The zero-order valence-corrected chi connectivity index (χ0v) is 16.4. The molecule has 5 nitrogen and oxygen atoms in total. The van der Waals surface area contributed by atoms with Gasteiger partial charge < -0.3 is 14.8 Å². The number of hydrogen-bond donors (Lipinski definition) is 1. The molecule has 1 saturated carbocycles. The molecule has 0 atom stereocenters. The Bertz CT molecular complexity index is 808. The van der Waals surface area contributed by atoms with Gasteiger partial charge in [-0.15, -0.1) is 0 Å². The molecule has 1 amide bonds. The van der Waals surface area contributed by atoms with E-state index >= 15 is 0 Å². The summed E-state index contributed by atoms with van der Waals surface area (Å²) < 4.78 is 26.0. The van der Waals surface area contributed by atoms with Crippen molar-refractivity contribution >= 4 is 39.1 Å². The fourth-order valence-corrected chi connectivity index (χ4v) is 3.61. The highest BCUT2D eigenvalue weighted by Crippen LogP contribution is 2.35. The van der Waals surface area contributed by atoms with Crippen molar-refractivity contribution in [2.75, 3.05) is 12.4 Å². The summed E-state index contributed by atoms with van der Waals surface area (Å²) in [4.78, 5) is 16.5. The minimum absolute atomic E-state index is 0.0501. The van der Waals surface area contributed by atoms with Crippen LogP contribution in [-0.2, 0) is 0 Å². The molecule has 1 aromatic heterocycles. The fourth-order valence-electron chi connectivity index (χ4n) is 2.86. The molecule has 0 aliphatic heterocycles. The Morgan fingerprint density at radius 3 is 2.69 bits per heavy atom. The molecule has 1 aromatic carbocycles. The van der Waals surface area contributed by atoms with Gasteiger partial charge in [0, 0.05) is 18.5 Å². The molecular formula is C18H17BrClFN2O3. The zero-order chi connectivity index (χ0) is 18.7. The molecular weight excluding hydrogens is 427 g/mol. The van der Waals surface area contributed by atoms with Gasteiger partial charge in [-0.25, -0.2) is 4.39 Å². The number of anilines is 1. The van der Waals surface area contributed by atoms with Crippen molar-refractivity contribution in [2.24, 2.45) is 0 Å². The fraction of sp³-hybridized carbons (Fsp3) is 0.333. The van der Waals surface area contributed by atoms with E-state index in [4.69, 9.17) is 21.1 Å². The number of halogens is 3. The second kappa shape index (κ2) is 8.22. The zero-order valence-electron chi connectivity index (χ0n) is 14.0. The molecule has 0 saturated heterocycles. The van der Waals surface area contributed by atoms with Gasteiger partial charge in [-0.1, -0.05) is 11.6 Å². The van der Waals surface area contributed by atoms with Crippen LogP contribution in [-0.4, -0.2) is 24.1 Å². The third-order valence-corrected chi connectivity index (χ3v) is 5.07. The Morgan fingerprint density at radius 2 is 2.04 bits per heavy atom. The van der Waals surface area contributed by atoms with Gasteiger partial charge in [0.1, 0.15) is 5.82 Å². The first-order valence-electron chi connectivity index (χ1n) is 8.14. The number of carbonyl (C=O) groups excluding carboxylic acids is 1. The molecule has 1 aliphatic carbocycles. The molecule has 1 aliphatic rings. The van der Waals surface area contributed by atoms with Crippen LogP contribution in [0.1, 0.15) is 36.0 Å². The minimum atomic E-state index is -0.709. The monoisotopic (exact) mass is 442 g/mol. The number of nitrogens with zero attached hydrogens (tertiary/aromatic N) is 1. The Hall–Kier alpha value is -1.86. The maximum atomic E-state index is 14.4. The van der Waals surface area contributed by atoms with Gasteiger partial charge in [0.05, 0.1) is 34.0 Å². The molecule has 8 heteroatoms. The highest BCUT2D eigenvalue weighted by molar-refractivity contribution is 9.10. The van der Waals surface area contributed by atoms with E-state index in [-0.39, 0.29) is 22.4 Å². The summed E-state index contributed by atoms with van der Waals surface area (Å²) >= 11 is 9.31. The Kier molecular flexibility index (Phi) is 5.98. The van der Waals surface area contributed by atoms with Gasteiger partial charge in [0.2, 0.25) is 0 Å². The predicted octanol–water partition coefficient (Wildman–Crippen LogP) is 5.22. The summed E-state index contributed by atoms with van der Waals surface area (Å²) in [6, 6.07) is 2.52. The van der Waals surface area contributed by atoms with Crippen molar-refractivity contribution in [3.8, 4) is 11.5 Å². The van der Waals surface area contributed by atoms with Crippen molar-refractivity contribution < 1.29 is 18.7 Å². The van der Waals surface area contributed by atoms with Gasteiger partial charge in [0.15, 0.2) is 11.5 Å². The summed E-state index contributed by atoms with van der Waals surface area (Å²) in [6.07, 6.45) is 6.98. The van der Waals surface area contributed by atoms with Crippen molar-refractivity contribution in [3.63, 3.8) is 0 Å². The Morgan fingerprint density at radius 1 is 1.31 bits per heavy atom. The molecule has 138 valence electrons. The smallest absolute Gasteiger partial charge is 0.258 e. The van der Waals surface area contributed by atoms with E-state index in [0.717, 1.165) is 31.7 Å². The normalized spacial score (nSPS) is 14.3. The second-order valence-electron chi connectivity index (χ2n) is 5.94. The molecule has 0 spiro atoms. The van der Waals surface area contributed by atoms with Gasteiger partial charge in [-0.05, 0) is 47.7 Å². The lowest BCUT2D eigenvalue weighted by Crippen LogP contribution is -2.17. The summed E-state index contributed by atoms with van der Waals surface area (Å²) in [6.45, 7) is 0. The summed E-state index contributed by atoms with van der Waals surface area (Å²) in [7, 11) is 1.43. The van der Waals surface area contributed by atoms with Crippen LogP contribution in [0.2, 0.25) is 5.02 Å². The first kappa shape index (κ1) is 18.9. The first-order chi connectivity index (χ1) is 12.5. The van der Waals surface area contributed by atoms with Crippen molar-refractivity contribution in [1.29, 1.82) is 0 Å². The van der Waals surface area contributed by atoms with Crippen LogP contribution in [0.15, 0.2) is 29.0 Å². The number of methoxy groups -OCH3 is 1. The topological polar surface area (TPSA) is 60.5 Å². The SMILES string of the molecule is COc1cc(F)c(C(=O)Nc2c(Cl)cncc2Br)cc1OC1CCCC1. The maximum absolute atomic E-state index is 14.4. The van der Waals surface area contributed by atoms with Crippen molar-refractivity contribution in [2.45, 2.75) is 31.8 Å². The molecule has 1 N–H and O–H groups in total. The lowest BCUT2D eigenvalue weighted by Gasteiger charge is -2.17. The summed E-state index contributed by atoms with van der Waals surface area (Å²) in [5.41, 5.74) is 0.165. The van der Waals surface area contributed by atoms with E-state index in [1.807, 2.05) is 0 Å². The standard InChI is InChI=1S/C18H17BrClFN2O3/c1-25-15-7-14(21)11(6-16(15)26-10-4-2-3-5-10)18(24)23-17-12(19)8-22-9-13(17)20/h6-10H,2-5H2,1H3,(H,22,23,24). The molecule has 3 rings (SSSR count). The summed E-state index contributed by atoms with van der Waals surface area (Å²) in [5.74, 6) is -0.741. The number of benzene rings is 1. The van der Waals surface area contributed by atoms with E-state index in [9.17, 15) is 9.18 Å². The first-order valence-corrected chi connectivity index (χ1v) is 9.31. The highest BCUT2D eigenvalue weighted by atomic mass is 79.9. The third-order valence-electron chi connectivity index (χ3n) is 4.19. The van der Waals surface area contributed by atoms with E-state index < -0.39 is 11.7 Å². The third kappa shape index (κ3) is 4.10. The van der Waals surface area contributed by atoms with Gasteiger partial charge in [0.25, 0.3) is 5.91 Å². The lowest BCUT2D eigenvalue weighted by molar-refractivity contribution is 0.102. The number of ether oxygens (including phenoxy) is 2. The van der Waals surface area contributed by atoms with Crippen LogP contribution in [0, 0.1) is 5.82 Å². The van der Waals surface area contributed by atoms with Gasteiger partial charge in [-0.2, -0.15) is 0 Å². The number of amides is 1. The number of aromatic nitrogens is 1. The average molecular weight is 444 g/mol. The minimum Gasteiger partial charge on any atom is -0.493 e. The van der Waals surface area contributed by atoms with Gasteiger partial charge >= 0.3 is 0 Å². The van der Waals surface area contributed by atoms with Crippen LogP contribution in [0.25, 0.3) is 0 Å². The highest BCUT2D eigenvalue weighted by Gasteiger charge is 2.23. The van der Waals surface area contributed by atoms with E-state index in [2.05, 4.69) is 26.2 Å². The molecule has 1 fully saturated rings. The molecule has 0 bridgehead atoms. The van der Waals surface area contributed by atoms with Crippen LogP contribution in [0.4, 0.5) is 10.1 Å². The quantitative estimate of drug-likeness (QED) is 0.688. The van der Waals surface area contributed by atoms with Crippen LogP contribution < -0.4 is 14.8 Å². The number of nitrogens with one attached hydrogen (secondary N) is 1. The number of pyridine rings is 1. The number of rotatable bonds is 5. The molecule has 2 aromatic rings. The van der Waals surface area contributed by atoms with Gasteiger partial charge in [-0.3, -0.25) is 9.78 Å². The molecule has 1 heterocycles. The lowest BCUT2D eigenvalue weighted by atomic mass is 10.1. The van der Waals surface area contributed by atoms with Crippen molar-refractivity contribution in [3.05, 3.63) is 45.4 Å². The van der Waals surface area contributed by atoms with Crippen LogP contribution in [0.3, 0.4) is 0 Å². The van der Waals surface area contributed by atoms with Crippen LogP contribution >= 0.6 is 27.5 Å². The number of hydrogen-bond acceptors (Lipinski definition) is 4. The summed E-state index contributed by atoms with van der Waals surface area (Å²) in [5, 5.41) is 2.84. The Balaban J connectivity index is 1.89. The van der Waals surface area contributed by atoms with Crippen LogP contribution in [0.5, 0.6) is 11.5 Å². The van der Waals surface area contributed by atoms with Crippen molar-refractivity contribution in [1.82, 2.24) is 4.98 Å². The second-order valence-corrected chi connectivity index (χ2v) is 7.20. The van der Waals surface area contributed by atoms with E-state index in [0.29, 0.717) is 15.9 Å². The molecule has 0 unspecified atom stereocenters.